The molecule has 3 rings (SSSR count). The van der Waals surface area contributed by atoms with Crippen LogP contribution in [0.5, 0.6) is 0 Å². The number of rotatable bonds is 6. The first-order chi connectivity index (χ1) is 13.8. The number of anilines is 1. The highest BCUT2D eigenvalue weighted by atomic mass is 32.2. The van der Waals surface area contributed by atoms with Gasteiger partial charge in [0.2, 0.25) is 21.8 Å². The van der Waals surface area contributed by atoms with Crippen LogP contribution in [0.25, 0.3) is 0 Å². The summed E-state index contributed by atoms with van der Waals surface area (Å²) in [4.78, 5) is 24.8. The lowest BCUT2D eigenvalue weighted by Crippen LogP contribution is -2.47. The van der Waals surface area contributed by atoms with E-state index in [4.69, 9.17) is 0 Å². The largest absolute Gasteiger partial charge is 0.344 e. The van der Waals surface area contributed by atoms with Gasteiger partial charge in [0, 0.05) is 25.7 Å². The molecule has 2 amide bonds. The maximum absolute atomic E-state index is 13.0. The highest BCUT2D eigenvalue weighted by Gasteiger charge is 2.32. The molecule has 2 aliphatic rings. The molecule has 1 saturated heterocycles. The van der Waals surface area contributed by atoms with Crippen molar-refractivity contribution in [3.05, 3.63) is 23.8 Å². The van der Waals surface area contributed by atoms with E-state index in [9.17, 15) is 18.0 Å². The molecule has 0 radical (unpaired) electrons. The molecule has 0 bridgehead atoms. The Bertz CT molecular complexity index is 857. The quantitative estimate of drug-likeness (QED) is 0.738. The third kappa shape index (κ3) is 5.17. The number of nitrogens with zero attached hydrogens (tertiary/aromatic N) is 1. The van der Waals surface area contributed by atoms with Crippen LogP contribution in [0, 0.1) is 12.8 Å². The van der Waals surface area contributed by atoms with E-state index in [0.29, 0.717) is 18.8 Å². The zero-order valence-electron chi connectivity index (χ0n) is 17.2. The van der Waals surface area contributed by atoms with Crippen LogP contribution >= 0.6 is 0 Å². The minimum atomic E-state index is -3.58. The molecule has 0 aromatic heterocycles. The number of carbonyl (C=O) groups excluding carboxylic acids is 2. The van der Waals surface area contributed by atoms with Crippen molar-refractivity contribution < 1.29 is 18.0 Å². The Kier molecular flexibility index (Phi) is 6.95. The number of carbonyl (C=O) groups is 2. The Labute approximate surface area is 173 Å². The third-order valence-electron chi connectivity index (χ3n) is 5.93. The van der Waals surface area contributed by atoms with Crippen LogP contribution in [0.15, 0.2) is 23.1 Å². The molecule has 29 heavy (non-hydrogen) atoms. The topological polar surface area (TPSA) is 95.6 Å². The average molecular weight is 422 g/mol. The highest BCUT2D eigenvalue weighted by Crippen LogP contribution is 2.29. The molecule has 2 fully saturated rings. The highest BCUT2D eigenvalue weighted by molar-refractivity contribution is 7.89. The van der Waals surface area contributed by atoms with Crippen molar-refractivity contribution in [1.82, 2.24) is 9.62 Å². The van der Waals surface area contributed by atoms with E-state index >= 15 is 0 Å². The molecule has 8 heteroatoms. The van der Waals surface area contributed by atoms with Crippen LogP contribution in [0.1, 0.15) is 57.4 Å². The Morgan fingerprint density at radius 1 is 1.07 bits per heavy atom. The Morgan fingerprint density at radius 2 is 1.72 bits per heavy atom. The predicted molar refractivity (Wildman–Crippen MR) is 112 cm³/mol. The van der Waals surface area contributed by atoms with Gasteiger partial charge in [0.1, 0.15) is 6.04 Å². The number of piperidine rings is 1. The summed E-state index contributed by atoms with van der Waals surface area (Å²) in [5.41, 5.74) is 1.25. The summed E-state index contributed by atoms with van der Waals surface area (Å²) in [5.74, 6) is -0.419. The van der Waals surface area contributed by atoms with Crippen molar-refractivity contribution in [2.75, 3.05) is 18.4 Å². The first-order valence-corrected chi connectivity index (χ1v) is 11.9. The van der Waals surface area contributed by atoms with Gasteiger partial charge in [-0.1, -0.05) is 25.3 Å². The van der Waals surface area contributed by atoms with Crippen LogP contribution < -0.4 is 10.6 Å². The van der Waals surface area contributed by atoms with Gasteiger partial charge in [-0.05, 0) is 56.2 Å². The van der Waals surface area contributed by atoms with Crippen molar-refractivity contribution in [1.29, 1.82) is 0 Å². The minimum absolute atomic E-state index is 0.111. The number of sulfonamides is 1. The average Bonchev–Trinajstić information content (AvgIpc) is 3.22. The van der Waals surface area contributed by atoms with Crippen LogP contribution in [0.3, 0.4) is 0 Å². The third-order valence-corrected chi connectivity index (χ3v) is 7.83. The number of aryl methyl sites for hydroxylation is 1. The SMILES string of the molecule is CC(=O)N[C@H](C(=O)Nc1cc(S(=O)(=O)N2CCCCC2)ccc1C)C1CCCC1. The summed E-state index contributed by atoms with van der Waals surface area (Å²) in [6, 6.07) is 4.25. The summed E-state index contributed by atoms with van der Waals surface area (Å²) in [7, 11) is -3.58. The summed E-state index contributed by atoms with van der Waals surface area (Å²) < 4.78 is 27.5. The van der Waals surface area contributed by atoms with Gasteiger partial charge in [-0.25, -0.2) is 8.42 Å². The molecule has 2 N–H and O–H groups in total. The maximum atomic E-state index is 13.0. The lowest BCUT2D eigenvalue weighted by molar-refractivity contribution is -0.126. The van der Waals surface area contributed by atoms with Crippen LogP contribution in [-0.4, -0.2) is 43.7 Å². The van der Waals surface area contributed by atoms with Crippen molar-refractivity contribution in [2.24, 2.45) is 5.92 Å². The van der Waals surface area contributed by atoms with E-state index in [1.165, 1.54) is 17.3 Å². The second-order valence-electron chi connectivity index (χ2n) is 8.15. The molecule has 1 aliphatic carbocycles. The van der Waals surface area contributed by atoms with Crippen molar-refractivity contribution in [2.45, 2.75) is 69.7 Å². The van der Waals surface area contributed by atoms with E-state index in [0.717, 1.165) is 50.5 Å². The molecular weight excluding hydrogens is 390 g/mol. The molecule has 1 atom stereocenters. The molecule has 1 aromatic rings. The lowest BCUT2D eigenvalue weighted by Gasteiger charge is -2.26. The Balaban J connectivity index is 1.81. The van der Waals surface area contributed by atoms with E-state index in [1.807, 2.05) is 6.92 Å². The van der Waals surface area contributed by atoms with E-state index in [1.54, 1.807) is 12.1 Å². The number of hydrogen-bond acceptors (Lipinski definition) is 4. The van der Waals surface area contributed by atoms with Gasteiger partial charge in [0.15, 0.2) is 0 Å². The fourth-order valence-corrected chi connectivity index (χ4v) is 5.81. The molecule has 0 unspecified atom stereocenters. The van der Waals surface area contributed by atoms with Gasteiger partial charge >= 0.3 is 0 Å². The molecule has 1 heterocycles. The minimum Gasteiger partial charge on any atom is -0.344 e. The van der Waals surface area contributed by atoms with Gasteiger partial charge < -0.3 is 10.6 Å². The predicted octanol–water partition coefficient (Wildman–Crippen LogP) is 2.80. The zero-order chi connectivity index (χ0) is 21.0. The van der Waals surface area contributed by atoms with Crippen LogP contribution in [0.2, 0.25) is 0 Å². The maximum Gasteiger partial charge on any atom is 0.247 e. The first kappa shape index (κ1) is 21.8. The number of benzene rings is 1. The fourth-order valence-electron chi connectivity index (χ4n) is 4.27. The van der Waals surface area contributed by atoms with Crippen LogP contribution in [0.4, 0.5) is 5.69 Å². The zero-order valence-corrected chi connectivity index (χ0v) is 18.1. The Hall–Kier alpha value is -1.93. The van der Waals surface area contributed by atoms with Gasteiger partial charge in [0.05, 0.1) is 4.90 Å². The second-order valence-corrected chi connectivity index (χ2v) is 10.1. The molecule has 160 valence electrons. The molecule has 1 aromatic carbocycles. The fraction of sp³-hybridized carbons (Fsp3) is 0.619. The van der Waals surface area contributed by atoms with Gasteiger partial charge in [-0.15, -0.1) is 0 Å². The van der Waals surface area contributed by atoms with Crippen molar-refractivity contribution in [3.8, 4) is 0 Å². The Morgan fingerprint density at radius 3 is 2.34 bits per heavy atom. The summed E-state index contributed by atoms with van der Waals surface area (Å²) in [5, 5.41) is 5.65. The second kappa shape index (κ2) is 9.26. The smallest absolute Gasteiger partial charge is 0.247 e. The van der Waals surface area contributed by atoms with Gasteiger partial charge in [-0.3, -0.25) is 9.59 Å². The molecule has 1 saturated carbocycles. The van der Waals surface area contributed by atoms with E-state index < -0.39 is 16.1 Å². The molecule has 7 nitrogen and oxygen atoms in total. The number of nitrogens with one attached hydrogen (secondary N) is 2. The first-order valence-electron chi connectivity index (χ1n) is 10.5. The number of amides is 2. The monoisotopic (exact) mass is 421 g/mol. The standard InChI is InChI=1S/C21H31N3O4S/c1-15-10-11-18(29(27,28)24-12-6-3-7-13-24)14-19(15)23-21(26)20(22-16(2)25)17-8-4-5-9-17/h10-11,14,17,20H,3-9,12-13H2,1-2H3,(H,22,25)(H,23,26)/t20-/m0/s1. The summed E-state index contributed by atoms with van der Waals surface area (Å²) in [6.45, 7) is 4.30. The van der Waals surface area contributed by atoms with Gasteiger partial charge in [-0.2, -0.15) is 4.31 Å². The molecule has 1 aliphatic heterocycles. The van der Waals surface area contributed by atoms with E-state index in [2.05, 4.69) is 10.6 Å². The molecular formula is C21H31N3O4S. The number of hydrogen-bond donors (Lipinski definition) is 2. The van der Waals surface area contributed by atoms with Crippen molar-refractivity contribution in [3.63, 3.8) is 0 Å². The summed E-state index contributed by atoms with van der Waals surface area (Å²) in [6.07, 6.45) is 6.70. The van der Waals surface area contributed by atoms with Gasteiger partial charge in [0.25, 0.3) is 0 Å². The molecule has 0 spiro atoms. The lowest BCUT2D eigenvalue weighted by atomic mass is 9.97. The normalized spacial score (nSPS) is 19.7. The van der Waals surface area contributed by atoms with Crippen LogP contribution in [-0.2, 0) is 19.6 Å². The van der Waals surface area contributed by atoms with E-state index in [-0.39, 0.29) is 22.6 Å². The van der Waals surface area contributed by atoms with Crippen molar-refractivity contribution >= 4 is 27.5 Å². The summed E-state index contributed by atoms with van der Waals surface area (Å²) >= 11 is 0.